The van der Waals surface area contributed by atoms with E-state index >= 15 is 0 Å². The van der Waals surface area contributed by atoms with Crippen LogP contribution in [0, 0.1) is 0 Å². The van der Waals surface area contributed by atoms with Crippen molar-refractivity contribution in [3.63, 3.8) is 0 Å². The quantitative estimate of drug-likeness (QED) is 0.505. The Hall–Kier alpha value is -3.71. The maximum Gasteiger partial charge on any atom is 0.339 e. The van der Waals surface area contributed by atoms with E-state index in [1.165, 1.54) is 18.2 Å². The first kappa shape index (κ1) is 22.5. The van der Waals surface area contributed by atoms with Crippen molar-refractivity contribution in [3.8, 4) is 17.2 Å². The number of fused-ring (bicyclic) bond motifs is 1. The molecular weight excluding hydrogens is 446 g/mol. The van der Waals surface area contributed by atoms with Crippen LogP contribution in [0.4, 0.5) is 0 Å². The highest BCUT2D eigenvalue weighted by Crippen LogP contribution is 2.34. The van der Waals surface area contributed by atoms with Gasteiger partial charge in [-0.25, -0.2) is 4.79 Å². The molecule has 1 heterocycles. The fourth-order valence-corrected chi connectivity index (χ4v) is 3.78. The van der Waals surface area contributed by atoms with Gasteiger partial charge in [0.2, 0.25) is 6.79 Å². The molecule has 0 bridgehead atoms. The summed E-state index contributed by atoms with van der Waals surface area (Å²) in [6.07, 6.45) is 0. The van der Waals surface area contributed by atoms with Gasteiger partial charge >= 0.3 is 5.97 Å². The van der Waals surface area contributed by atoms with Crippen molar-refractivity contribution in [2.45, 2.75) is 19.5 Å². The van der Waals surface area contributed by atoms with Gasteiger partial charge in [0.25, 0.3) is 5.91 Å². The molecule has 0 aliphatic carbocycles. The number of hydrogen-bond donors (Lipinski definition) is 1. The Balaban J connectivity index is 1.56. The summed E-state index contributed by atoms with van der Waals surface area (Å²) in [5.74, 6) is -0.100. The molecular formula is C25H22ClNO6. The molecule has 1 amide bonds. The predicted molar refractivity (Wildman–Crippen MR) is 122 cm³/mol. The van der Waals surface area contributed by atoms with Crippen LogP contribution in [0.1, 0.15) is 34.5 Å². The molecule has 0 fully saturated rings. The van der Waals surface area contributed by atoms with Crippen LogP contribution in [0.15, 0.2) is 66.7 Å². The first-order valence-electron chi connectivity index (χ1n) is 10.3. The van der Waals surface area contributed by atoms with Gasteiger partial charge < -0.3 is 24.2 Å². The Kier molecular flexibility index (Phi) is 6.70. The predicted octanol–water partition coefficient (Wildman–Crippen LogP) is 4.94. The minimum Gasteiger partial charge on any atom is -0.483 e. The van der Waals surface area contributed by atoms with Crippen molar-refractivity contribution in [1.29, 1.82) is 0 Å². The highest BCUT2D eigenvalue weighted by atomic mass is 35.5. The molecule has 0 unspecified atom stereocenters. The van der Waals surface area contributed by atoms with Gasteiger partial charge in [0.05, 0.1) is 6.04 Å². The Morgan fingerprint density at radius 3 is 2.58 bits per heavy atom. The largest absolute Gasteiger partial charge is 0.483 e. The maximum atomic E-state index is 13.3. The summed E-state index contributed by atoms with van der Waals surface area (Å²) >= 11 is 5.90. The molecule has 0 aromatic heterocycles. The Morgan fingerprint density at radius 2 is 1.82 bits per heavy atom. The molecule has 0 spiro atoms. The molecule has 3 aromatic rings. The normalized spacial score (nSPS) is 12.8. The number of nitrogens with zero attached hydrogens (tertiary/aromatic N) is 1. The van der Waals surface area contributed by atoms with E-state index in [2.05, 4.69) is 0 Å². The van der Waals surface area contributed by atoms with Crippen LogP contribution in [0.25, 0.3) is 0 Å². The summed E-state index contributed by atoms with van der Waals surface area (Å²) in [7, 11) is 0. The second-order valence-electron chi connectivity index (χ2n) is 7.53. The average Bonchev–Trinajstić information content (AvgIpc) is 3.29. The van der Waals surface area contributed by atoms with Crippen LogP contribution >= 0.6 is 11.6 Å². The van der Waals surface area contributed by atoms with Crippen molar-refractivity contribution >= 4 is 23.5 Å². The van der Waals surface area contributed by atoms with Crippen LogP contribution < -0.4 is 14.2 Å². The number of rotatable bonds is 8. The zero-order valence-electron chi connectivity index (χ0n) is 17.9. The SMILES string of the molecule is C[C@@H](c1ccccc1)N(Cc1ccc2c(c1)OCO2)C(=O)COc1ccc(Cl)cc1C(=O)O. The van der Waals surface area contributed by atoms with Gasteiger partial charge in [0, 0.05) is 11.6 Å². The molecule has 8 heteroatoms. The molecule has 33 heavy (non-hydrogen) atoms. The van der Waals surface area contributed by atoms with Crippen LogP contribution in [0.3, 0.4) is 0 Å². The minimum absolute atomic E-state index is 0.0793. The third-order valence-electron chi connectivity index (χ3n) is 5.38. The van der Waals surface area contributed by atoms with Gasteiger partial charge in [-0.2, -0.15) is 0 Å². The number of aromatic carboxylic acids is 1. The van der Waals surface area contributed by atoms with Gasteiger partial charge in [0.1, 0.15) is 11.3 Å². The van der Waals surface area contributed by atoms with Crippen LogP contribution in [-0.2, 0) is 11.3 Å². The first-order chi connectivity index (χ1) is 15.9. The summed E-state index contributed by atoms with van der Waals surface area (Å²) in [5.41, 5.74) is 1.73. The number of carboxylic acid groups (broad SMARTS) is 1. The van der Waals surface area contributed by atoms with Crippen molar-refractivity contribution < 1.29 is 28.9 Å². The highest BCUT2D eigenvalue weighted by Gasteiger charge is 2.24. The number of benzene rings is 3. The van der Waals surface area contributed by atoms with Crippen LogP contribution in [0.2, 0.25) is 5.02 Å². The second-order valence-corrected chi connectivity index (χ2v) is 7.97. The lowest BCUT2D eigenvalue weighted by atomic mass is 10.1. The minimum atomic E-state index is -1.19. The molecule has 170 valence electrons. The van der Waals surface area contributed by atoms with E-state index in [0.29, 0.717) is 18.0 Å². The molecule has 1 N–H and O–H groups in total. The van der Waals surface area contributed by atoms with E-state index in [0.717, 1.165) is 11.1 Å². The molecule has 0 saturated carbocycles. The van der Waals surface area contributed by atoms with Crippen molar-refractivity contribution in [2.24, 2.45) is 0 Å². The molecule has 3 aromatic carbocycles. The number of ether oxygens (including phenoxy) is 3. The Morgan fingerprint density at radius 1 is 1.06 bits per heavy atom. The summed E-state index contributed by atoms with van der Waals surface area (Å²) in [6, 6.07) is 19.2. The third-order valence-corrected chi connectivity index (χ3v) is 5.62. The molecule has 7 nitrogen and oxygen atoms in total. The van der Waals surface area contributed by atoms with Crippen molar-refractivity contribution in [3.05, 3.63) is 88.4 Å². The van der Waals surface area contributed by atoms with E-state index in [1.807, 2.05) is 55.5 Å². The number of carbonyl (C=O) groups excluding carboxylic acids is 1. The summed E-state index contributed by atoms with van der Waals surface area (Å²) in [4.78, 5) is 26.5. The van der Waals surface area contributed by atoms with Gasteiger partial charge in [-0.15, -0.1) is 0 Å². The number of halogens is 1. The summed E-state index contributed by atoms with van der Waals surface area (Å²) in [5, 5.41) is 9.69. The summed E-state index contributed by atoms with van der Waals surface area (Å²) in [6.45, 7) is 2.08. The Bertz CT molecular complexity index is 1170. The number of amides is 1. The molecule has 1 atom stereocenters. The lowest BCUT2D eigenvalue weighted by molar-refractivity contribution is -0.136. The van der Waals surface area contributed by atoms with Gasteiger partial charge in [-0.05, 0) is 48.4 Å². The maximum absolute atomic E-state index is 13.3. The lowest BCUT2D eigenvalue weighted by Crippen LogP contribution is -2.36. The zero-order valence-corrected chi connectivity index (χ0v) is 18.6. The van der Waals surface area contributed by atoms with E-state index in [-0.39, 0.29) is 41.7 Å². The molecule has 1 aliphatic rings. The first-order valence-corrected chi connectivity index (χ1v) is 10.7. The fraction of sp³-hybridized carbons (Fsp3) is 0.200. The highest BCUT2D eigenvalue weighted by molar-refractivity contribution is 6.31. The number of carboxylic acids is 1. The van der Waals surface area contributed by atoms with Crippen LogP contribution in [0.5, 0.6) is 17.2 Å². The smallest absolute Gasteiger partial charge is 0.339 e. The zero-order chi connectivity index (χ0) is 23.4. The number of hydrogen-bond acceptors (Lipinski definition) is 5. The monoisotopic (exact) mass is 467 g/mol. The van der Waals surface area contributed by atoms with E-state index in [4.69, 9.17) is 25.8 Å². The summed E-state index contributed by atoms with van der Waals surface area (Å²) < 4.78 is 16.4. The molecule has 1 aliphatic heterocycles. The second kappa shape index (κ2) is 9.83. The standard InChI is InChI=1S/C25H22ClNO6/c1-16(18-5-3-2-4-6-18)27(13-17-7-9-22-23(11-17)33-15-32-22)24(28)14-31-21-10-8-19(26)12-20(21)25(29)30/h2-12,16H,13-15H2,1H3,(H,29,30)/t16-/m0/s1. The van der Waals surface area contributed by atoms with Gasteiger partial charge in [0.15, 0.2) is 18.1 Å². The number of carbonyl (C=O) groups is 2. The average molecular weight is 468 g/mol. The van der Waals surface area contributed by atoms with Gasteiger partial charge in [-0.3, -0.25) is 4.79 Å². The third kappa shape index (κ3) is 5.21. The van der Waals surface area contributed by atoms with Crippen LogP contribution in [-0.4, -0.2) is 35.3 Å². The lowest BCUT2D eigenvalue weighted by Gasteiger charge is -2.30. The van der Waals surface area contributed by atoms with Gasteiger partial charge in [-0.1, -0.05) is 48.0 Å². The van der Waals surface area contributed by atoms with E-state index < -0.39 is 5.97 Å². The Labute approximate surface area is 196 Å². The molecule has 0 saturated heterocycles. The molecule has 4 rings (SSSR count). The van der Waals surface area contributed by atoms with E-state index in [1.54, 1.807) is 4.90 Å². The molecule has 0 radical (unpaired) electrons. The fourth-order valence-electron chi connectivity index (χ4n) is 3.61. The topological polar surface area (TPSA) is 85.3 Å². The van der Waals surface area contributed by atoms with Crippen molar-refractivity contribution in [2.75, 3.05) is 13.4 Å². The van der Waals surface area contributed by atoms with E-state index in [9.17, 15) is 14.7 Å². The van der Waals surface area contributed by atoms with Crippen molar-refractivity contribution in [1.82, 2.24) is 4.90 Å².